The van der Waals surface area contributed by atoms with Gasteiger partial charge < -0.3 is 58.4 Å². The second-order valence-corrected chi connectivity index (χ2v) is 11.3. The second kappa shape index (κ2) is 21.5. The number of rotatable bonds is 23. The number of amides is 5. The molecule has 2 aromatic rings. The number of carbonyl (C=O) groups is 7. The van der Waals surface area contributed by atoms with Crippen LogP contribution >= 0.6 is 0 Å². The van der Waals surface area contributed by atoms with E-state index in [0.717, 1.165) is 0 Å². The molecule has 0 spiro atoms. The van der Waals surface area contributed by atoms with Gasteiger partial charge >= 0.3 is 11.9 Å². The van der Waals surface area contributed by atoms with Gasteiger partial charge in [-0.1, -0.05) is 30.3 Å². The highest BCUT2D eigenvalue weighted by molar-refractivity contribution is 5.96. The Morgan fingerprint density at radius 2 is 1.32 bits per heavy atom. The first-order valence-corrected chi connectivity index (χ1v) is 15.8. The molecule has 0 saturated carbocycles. The van der Waals surface area contributed by atoms with E-state index in [4.69, 9.17) is 16.6 Å². The van der Waals surface area contributed by atoms with Crippen LogP contribution in [0.2, 0.25) is 0 Å². The maximum Gasteiger partial charge on any atom is 0.322 e. The second-order valence-electron chi connectivity index (χ2n) is 11.3. The number of aliphatic carboxylic acids is 2. The zero-order valence-corrected chi connectivity index (χ0v) is 27.3. The maximum absolute atomic E-state index is 13.8. The first-order valence-electron chi connectivity index (χ1n) is 15.8. The molecule has 5 atom stereocenters. The summed E-state index contributed by atoms with van der Waals surface area (Å²) in [5, 5.41) is 39.7. The third-order valence-electron chi connectivity index (χ3n) is 7.33. The summed E-state index contributed by atoms with van der Waals surface area (Å²) < 4.78 is 0. The predicted octanol–water partition coefficient (Wildman–Crippen LogP) is -3.35. The average molecular weight is 704 g/mol. The molecule has 50 heavy (non-hydrogen) atoms. The van der Waals surface area contributed by atoms with Crippen LogP contribution in [0.15, 0.2) is 42.9 Å². The summed E-state index contributed by atoms with van der Waals surface area (Å²) in [5.41, 5.74) is 12.3. The van der Waals surface area contributed by atoms with Crippen molar-refractivity contribution >= 4 is 41.5 Å². The number of carboxylic acid groups (broad SMARTS) is 2. The number of nitrogens with one attached hydrogen (secondary N) is 6. The smallest absolute Gasteiger partial charge is 0.322 e. The molecule has 1 heterocycles. The number of carbonyl (C=O) groups excluding carboxylic acids is 5. The Labute approximate surface area is 287 Å². The fraction of sp³-hybridized carbons (Fsp3) is 0.484. The highest BCUT2D eigenvalue weighted by atomic mass is 16.4. The van der Waals surface area contributed by atoms with Crippen LogP contribution in [0.4, 0.5) is 0 Å². The Morgan fingerprint density at radius 3 is 1.88 bits per heavy atom. The van der Waals surface area contributed by atoms with E-state index >= 15 is 0 Å². The van der Waals surface area contributed by atoms with Crippen molar-refractivity contribution in [3.05, 3.63) is 54.1 Å². The molecule has 0 aliphatic carbocycles. The number of benzene rings is 1. The molecule has 0 radical (unpaired) electrons. The molecule has 274 valence electrons. The number of aliphatic hydroxyl groups is 1. The van der Waals surface area contributed by atoms with E-state index in [2.05, 4.69) is 36.6 Å². The number of carboxylic acids is 2. The zero-order chi connectivity index (χ0) is 37.1. The summed E-state index contributed by atoms with van der Waals surface area (Å²) in [6.45, 7) is -1.15. The Bertz CT molecular complexity index is 1430. The maximum atomic E-state index is 13.8. The number of hydrogen-bond donors (Lipinski definition) is 11. The van der Waals surface area contributed by atoms with Crippen molar-refractivity contribution < 1.29 is 48.9 Å². The number of aromatic amines is 1. The quantitative estimate of drug-likeness (QED) is 0.0505. The summed E-state index contributed by atoms with van der Waals surface area (Å²) in [5.74, 6) is -6.78. The van der Waals surface area contributed by atoms with Gasteiger partial charge in [-0.15, -0.1) is 0 Å². The summed E-state index contributed by atoms with van der Waals surface area (Å²) in [4.78, 5) is 95.1. The molecule has 19 nitrogen and oxygen atoms in total. The predicted molar refractivity (Wildman–Crippen MR) is 176 cm³/mol. The number of nitrogens with zero attached hydrogens (tertiary/aromatic N) is 1. The molecule has 0 unspecified atom stereocenters. The fourth-order valence-electron chi connectivity index (χ4n) is 4.65. The normalized spacial score (nSPS) is 13.8. The Balaban J connectivity index is 2.35. The molecule has 0 aliphatic heterocycles. The van der Waals surface area contributed by atoms with Gasteiger partial charge in [0.25, 0.3) is 0 Å². The van der Waals surface area contributed by atoms with Crippen LogP contribution in [-0.4, -0.2) is 117 Å². The van der Waals surface area contributed by atoms with E-state index in [9.17, 15) is 43.8 Å². The number of hydrogen-bond acceptors (Lipinski definition) is 11. The molecule has 5 amide bonds. The van der Waals surface area contributed by atoms with Gasteiger partial charge in [-0.05, 0) is 37.8 Å². The number of imidazole rings is 1. The average Bonchev–Trinajstić information content (AvgIpc) is 3.60. The van der Waals surface area contributed by atoms with Gasteiger partial charge in [-0.3, -0.25) is 33.6 Å². The standard InChI is InChI=1S/C31H45N9O10/c32-11-5-4-8-21(29(48)40-24(13-19-14-34-17-36-19)28(47)35-15-26(44)45)38-31(50)23(12-18-6-2-1-3-7-18)39-30(49)22(9-10-25(42)43)37-27(46)20(33)16-41/h1-3,6-7,14,17,20-24,41H,4-5,8-13,15-16,32-33H2,(H,34,36)(H,35,47)(H,37,46)(H,38,50)(H,39,49)(H,40,48)(H,42,43)(H,44,45)/t20-,21-,22-,23-,24-/m0/s1. The minimum atomic E-state index is -1.45. The van der Waals surface area contributed by atoms with Crippen LogP contribution in [0, 0.1) is 0 Å². The largest absolute Gasteiger partial charge is 0.481 e. The van der Waals surface area contributed by atoms with Gasteiger partial charge in [0.05, 0.1) is 12.9 Å². The van der Waals surface area contributed by atoms with Crippen molar-refractivity contribution in [1.29, 1.82) is 0 Å². The van der Waals surface area contributed by atoms with Crippen LogP contribution in [0.3, 0.4) is 0 Å². The lowest BCUT2D eigenvalue weighted by Gasteiger charge is -2.27. The molecule has 1 aromatic carbocycles. The van der Waals surface area contributed by atoms with Crippen molar-refractivity contribution in [3.63, 3.8) is 0 Å². The SMILES string of the molecule is NCCCC[C@H](NC(=O)[C@H](Cc1ccccc1)NC(=O)[C@H](CCC(=O)O)NC(=O)[C@@H](N)CO)C(=O)N[C@@H](Cc1cnc[nH]1)C(=O)NCC(=O)O. The lowest BCUT2D eigenvalue weighted by atomic mass is 10.0. The van der Waals surface area contributed by atoms with Crippen molar-refractivity contribution in [2.75, 3.05) is 19.7 Å². The van der Waals surface area contributed by atoms with Crippen molar-refractivity contribution in [2.24, 2.45) is 11.5 Å². The number of H-pyrrole nitrogens is 1. The monoisotopic (exact) mass is 703 g/mol. The van der Waals surface area contributed by atoms with Gasteiger partial charge in [0.2, 0.25) is 29.5 Å². The first kappa shape index (κ1) is 40.8. The summed E-state index contributed by atoms with van der Waals surface area (Å²) in [6, 6.07) is 1.84. The summed E-state index contributed by atoms with van der Waals surface area (Å²) >= 11 is 0. The molecule has 0 aliphatic rings. The summed E-state index contributed by atoms with van der Waals surface area (Å²) in [7, 11) is 0. The van der Waals surface area contributed by atoms with Gasteiger partial charge in [-0.25, -0.2) is 4.98 Å². The highest BCUT2D eigenvalue weighted by Crippen LogP contribution is 2.09. The van der Waals surface area contributed by atoms with Crippen LogP contribution in [-0.2, 0) is 46.4 Å². The number of nitrogens with two attached hydrogens (primary N) is 2. The summed E-state index contributed by atoms with van der Waals surface area (Å²) in [6.07, 6.45) is 2.68. The molecule has 19 heteroatoms. The van der Waals surface area contributed by atoms with E-state index in [-0.39, 0.29) is 25.7 Å². The Kier molecular flexibility index (Phi) is 17.6. The van der Waals surface area contributed by atoms with Crippen molar-refractivity contribution in [3.8, 4) is 0 Å². The van der Waals surface area contributed by atoms with Gasteiger partial charge in [0.15, 0.2) is 0 Å². The van der Waals surface area contributed by atoms with Crippen LogP contribution in [0.1, 0.15) is 43.4 Å². The Hall–Kier alpha value is -5.40. The minimum absolute atomic E-state index is 0.0740. The van der Waals surface area contributed by atoms with E-state index in [0.29, 0.717) is 30.6 Å². The van der Waals surface area contributed by atoms with Gasteiger partial charge in [0, 0.05) is 31.2 Å². The number of aromatic nitrogens is 2. The number of unbranched alkanes of at least 4 members (excludes halogenated alkanes) is 1. The topological polar surface area (TPSA) is 321 Å². The Morgan fingerprint density at radius 1 is 0.740 bits per heavy atom. The zero-order valence-electron chi connectivity index (χ0n) is 27.3. The van der Waals surface area contributed by atoms with Crippen LogP contribution in [0.25, 0.3) is 0 Å². The van der Waals surface area contributed by atoms with Crippen LogP contribution < -0.4 is 38.1 Å². The molecular weight excluding hydrogens is 658 g/mol. The van der Waals surface area contributed by atoms with E-state index in [1.807, 2.05) is 0 Å². The molecule has 0 bridgehead atoms. The third-order valence-corrected chi connectivity index (χ3v) is 7.33. The molecule has 0 saturated heterocycles. The molecular formula is C31H45N9O10. The highest BCUT2D eigenvalue weighted by Gasteiger charge is 2.32. The minimum Gasteiger partial charge on any atom is -0.481 e. The van der Waals surface area contributed by atoms with E-state index < -0.39 is 91.3 Å². The lowest BCUT2D eigenvalue weighted by Crippen LogP contribution is -2.59. The van der Waals surface area contributed by atoms with Crippen molar-refractivity contribution in [1.82, 2.24) is 36.6 Å². The van der Waals surface area contributed by atoms with Gasteiger partial charge in [-0.2, -0.15) is 0 Å². The molecule has 0 fully saturated rings. The fourth-order valence-corrected chi connectivity index (χ4v) is 4.65. The molecule has 2 rings (SSSR count). The third kappa shape index (κ3) is 14.8. The van der Waals surface area contributed by atoms with Gasteiger partial charge in [0.1, 0.15) is 36.8 Å². The van der Waals surface area contributed by atoms with E-state index in [1.54, 1.807) is 30.3 Å². The molecule has 13 N–H and O–H groups in total. The lowest BCUT2D eigenvalue weighted by molar-refractivity contribution is -0.139. The number of aliphatic hydroxyl groups excluding tert-OH is 1. The van der Waals surface area contributed by atoms with E-state index in [1.165, 1.54) is 12.5 Å². The first-order chi connectivity index (χ1) is 23.8. The molecule has 1 aromatic heterocycles. The van der Waals surface area contributed by atoms with Crippen molar-refractivity contribution in [2.45, 2.75) is 75.2 Å². The van der Waals surface area contributed by atoms with Crippen LogP contribution in [0.5, 0.6) is 0 Å².